The smallest absolute Gasteiger partial charge is 0.328 e. The molecule has 6 nitrogen and oxygen atoms in total. The Kier molecular flexibility index (Phi) is 5.33. The number of benzene rings is 2. The SMILES string of the molecule is O=C(O)C=Cc1ccc(NS(=O)(=O)c2ccc(-c3ccccc3)cc2)nc1. The van der Waals surface area contributed by atoms with Crippen molar-refractivity contribution in [3.63, 3.8) is 0 Å². The normalized spacial score (nSPS) is 11.4. The molecule has 136 valence electrons. The lowest BCUT2D eigenvalue weighted by atomic mass is 10.1. The van der Waals surface area contributed by atoms with Gasteiger partial charge in [0.1, 0.15) is 5.82 Å². The van der Waals surface area contributed by atoms with Crippen molar-refractivity contribution in [3.05, 3.63) is 84.6 Å². The number of rotatable bonds is 6. The lowest BCUT2D eigenvalue weighted by Crippen LogP contribution is -2.13. The second-order valence-corrected chi connectivity index (χ2v) is 7.33. The van der Waals surface area contributed by atoms with Gasteiger partial charge in [0.2, 0.25) is 0 Å². The maximum absolute atomic E-state index is 12.5. The predicted molar refractivity (Wildman–Crippen MR) is 104 cm³/mol. The number of anilines is 1. The van der Waals surface area contributed by atoms with Crippen LogP contribution in [0.2, 0.25) is 0 Å². The third-order valence-electron chi connectivity index (χ3n) is 3.72. The van der Waals surface area contributed by atoms with Crippen molar-refractivity contribution in [2.45, 2.75) is 4.90 Å². The minimum atomic E-state index is -3.78. The summed E-state index contributed by atoms with van der Waals surface area (Å²) in [7, 11) is -3.78. The fourth-order valence-corrected chi connectivity index (χ4v) is 3.39. The Morgan fingerprint density at radius 3 is 2.19 bits per heavy atom. The van der Waals surface area contributed by atoms with E-state index in [0.717, 1.165) is 17.2 Å². The van der Waals surface area contributed by atoms with Crippen molar-refractivity contribution in [1.29, 1.82) is 0 Å². The second-order valence-electron chi connectivity index (χ2n) is 5.64. The molecule has 0 amide bonds. The highest BCUT2D eigenvalue weighted by atomic mass is 32.2. The standard InChI is InChI=1S/C20H16N2O4S/c23-20(24)13-7-15-6-12-19(21-14-15)22-27(25,26)18-10-8-17(9-11-18)16-4-2-1-3-5-16/h1-14H,(H,21,22)(H,23,24). The molecule has 0 radical (unpaired) electrons. The molecule has 0 spiro atoms. The maximum atomic E-state index is 12.5. The number of carbonyl (C=O) groups is 1. The van der Waals surface area contributed by atoms with E-state index in [1.165, 1.54) is 30.5 Å². The van der Waals surface area contributed by atoms with Crippen LogP contribution >= 0.6 is 0 Å². The fraction of sp³-hybridized carbons (Fsp3) is 0. The van der Waals surface area contributed by atoms with Crippen LogP contribution in [0.1, 0.15) is 5.56 Å². The van der Waals surface area contributed by atoms with E-state index in [0.29, 0.717) is 5.56 Å². The number of aromatic nitrogens is 1. The largest absolute Gasteiger partial charge is 0.478 e. The van der Waals surface area contributed by atoms with Crippen LogP contribution in [-0.4, -0.2) is 24.5 Å². The lowest BCUT2D eigenvalue weighted by molar-refractivity contribution is -0.131. The minimum Gasteiger partial charge on any atom is -0.478 e. The quantitative estimate of drug-likeness (QED) is 0.637. The van der Waals surface area contributed by atoms with Gasteiger partial charge in [0, 0.05) is 12.3 Å². The van der Waals surface area contributed by atoms with Gasteiger partial charge in [-0.2, -0.15) is 0 Å². The van der Waals surface area contributed by atoms with Crippen molar-refractivity contribution in [2.24, 2.45) is 0 Å². The van der Waals surface area contributed by atoms with Gasteiger partial charge < -0.3 is 5.11 Å². The van der Waals surface area contributed by atoms with Crippen LogP contribution in [0.15, 0.2) is 83.9 Å². The first-order chi connectivity index (χ1) is 12.9. The Labute approximate surface area is 156 Å². The highest BCUT2D eigenvalue weighted by molar-refractivity contribution is 7.92. The summed E-state index contributed by atoms with van der Waals surface area (Å²) in [5.74, 6) is -0.923. The number of sulfonamides is 1. The molecule has 7 heteroatoms. The monoisotopic (exact) mass is 380 g/mol. The van der Waals surface area contributed by atoms with Crippen LogP contribution in [0.25, 0.3) is 17.2 Å². The fourth-order valence-electron chi connectivity index (χ4n) is 2.39. The molecule has 0 aliphatic rings. The van der Waals surface area contributed by atoms with Crippen molar-refractivity contribution in [2.75, 3.05) is 4.72 Å². The molecule has 0 aliphatic heterocycles. The molecule has 0 atom stereocenters. The van der Waals surface area contributed by atoms with Gasteiger partial charge in [-0.1, -0.05) is 42.5 Å². The van der Waals surface area contributed by atoms with Crippen molar-refractivity contribution in [1.82, 2.24) is 4.98 Å². The summed E-state index contributed by atoms with van der Waals surface area (Å²) in [5, 5.41) is 8.60. The molecule has 1 heterocycles. The lowest BCUT2D eigenvalue weighted by Gasteiger charge is -2.08. The van der Waals surface area contributed by atoms with Gasteiger partial charge in [0.25, 0.3) is 10.0 Å². The first-order valence-corrected chi connectivity index (χ1v) is 9.48. The number of carboxylic acids is 1. The molecule has 2 N–H and O–H groups in total. The number of nitrogens with zero attached hydrogens (tertiary/aromatic N) is 1. The van der Waals surface area contributed by atoms with E-state index in [2.05, 4.69) is 9.71 Å². The molecule has 0 unspecified atom stereocenters. The minimum absolute atomic E-state index is 0.124. The van der Waals surface area contributed by atoms with Gasteiger partial charge in [-0.25, -0.2) is 18.2 Å². The molecule has 0 saturated carbocycles. The van der Waals surface area contributed by atoms with E-state index in [1.54, 1.807) is 18.2 Å². The number of pyridine rings is 1. The van der Waals surface area contributed by atoms with Crippen LogP contribution < -0.4 is 4.72 Å². The number of carboxylic acid groups (broad SMARTS) is 1. The maximum Gasteiger partial charge on any atom is 0.328 e. The third kappa shape index (κ3) is 4.80. The Balaban J connectivity index is 1.75. The molecule has 27 heavy (non-hydrogen) atoms. The highest BCUT2D eigenvalue weighted by Crippen LogP contribution is 2.22. The average Bonchev–Trinajstić information content (AvgIpc) is 2.68. The van der Waals surface area contributed by atoms with Gasteiger partial charge in [-0.05, 0) is 47.0 Å². The highest BCUT2D eigenvalue weighted by Gasteiger charge is 2.14. The summed E-state index contributed by atoms with van der Waals surface area (Å²) in [4.78, 5) is 14.6. The van der Waals surface area contributed by atoms with Crippen LogP contribution in [0.4, 0.5) is 5.82 Å². The Morgan fingerprint density at radius 2 is 1.59 bits per heavy atom. The van der Waals surface area contributed by atoms with E-state index in [9.17, 15) is 13.2 Å². The Morgan fingerprint density at radius 1 is 0.926 bits per heavy atom. The van der Waals surface area contributed by atoms with Crippen LogP contribution in [-0.2, 0) is 14.8 Å². The number of aliphatic carboxylic acids is 1. The van der Waals surface area contributed by atoms with Crippen LogP contribution in [0.3, 0.4) is 0 Å². The average molecular weight is 380 g/mol. The topological polar surface area (TPSA) is 96.4 Å². The van der Waals surface area contributed by atoms with Gasteiger partial charge in [-0.3, -0.25) is 4.72 Å². The summed E-state index contributed by atoms with van der Waals surface area (Å²) in [5.41, 5.74) is 2.47. The predicted octanol–water partition coefficient (Wildman–Crippen LogP) is 3.65. The van der Waals surface area contributed by atoms with E-state index in [4.69, 9.17) is 5.11 Å². The second kappa shape index (κ2) is 7.84. The summed E-state index contributed by atoms with van der Waals surface area (Å²) in [6, 6.07) is 19.3. The molecule has 1 aromatic heterocycles. The molecule has 0 bridgehead atoms. The van der Waals surface area contributed by atoms with Gasteiger partial charge in [0.05, 0.1) is 4.90 Å². The van der Waals surface area contributed by atoms with Crippen LogP contribution in [0.5, 0.6) is 0 Å². The van der Waals surface area contributed by atoms with Crippen molar-refractivity contribution in [3.8, 4) is 11.1 Å². The van der Waals surface area contributed by atoms with E-state index < -0.39 is 16.0 Å². The molecule has 2 aromatic carbocycles. The van der Waals surface area contributed by atoms with Crippen molar-refractivity contribution < 1.29 is 18.3 Å². The van der Waals surface area contributed by atoms with E-state index in [1.807, 2.05) is 30.3 Å². The summed E-state index contributed by atoms with van der Waals surface area (Å²) >= 11 is 0. The first-order valence-electron chi connectivity index (χ1n) is 7.99. The summed E-state index contributed by atoms with van der Waals surface area (Å²) in [6.07, 6.45) is 3.74. The first kappa shape index (κ1) is 18.3. The van der Waals surface area contributed by atoms with Crippen LogP contribution in [0, 0.1) is 0 Å². The summed E-state index contributed by atoms with van der Waals surface area (Å²) in [6.45, 7) is 0. The molecular formula is C20H16N2O4S. The van der Waals surface area contributed by atoms with Gasteiger partial charge in [-0.15, -0.1) is 0 Å². The zero-order chi connectivity index (χ0) is 19.3. The number of hydrogen-bond donors (Lipinski definition) is 2. The zero-order valence-corrected chi connectivity index (χ0v) is 14.9. The zero-order valence-electron chi connectivity index (χ0n) is 14.1. The van der Waals surface area contributed by atoms with E-state index >= 15 is 0 Å². The molecule has 0 saturated heterocycles. The molecular weight excluding hydrogens is 364 g/mol. The van der Waals surface area contributed by atoms with Gasteiger partial charge >= 0.3 is 5.97 Å². The molecule has 3 aromatic rings. The Hall–Kier alpha value is -3.45. The molecule has 0 aliphatic carbocycles. The third-order valence-corrected chi connectivity index (χ3v) is 5.09. The Bertz CT molecular complexity index is 1060. The number of nitrogens with one attached hydrogen (secondary N) is 1. The molecule has 3 rings (SSSR count). The molecule has 0 fully saturated rings. The van der Waals surface area contributed by atoms with E-state index in [-0.39, 0.29) is 10.7 Å². The number of hydrogen-bond acceptors (Lipinski definition) is 4. The summed E-state index contributed by atoms with van der Waals surface area (Å²) < 4.78 is 27.4. The van der Waals surface area contributed by atoms with Crippen molar-refractivity contribution >= 4 is 27.9 Å². The van der Waals surface area contributed by atoms with Gasteiger partial charge in [0.15, 0.2) is 0 Å².